The molecule has 100 valence electrons. The molecule has 0 heterocycles. The number of carbonyl (C=O) groups is 1. The van der Waals surface area contributed by atoms with Crippen LogP contribution in [0.15, 0.2) is 18.2 Å². The highest BCUT2D eigenvalue weighted by Gasteiger charge is 2.02. The van der Waals surface area contributed by atoms with Crippen LogP contribution in [0, 0.1) is 6.92 Å². The van der Waals surface area contributed by atoms with Gasteiger partial charge in [0, 0.05) is 13.0 Å². The van der Waals surface area contributed by atoms with Crippen LogP contribution in [0.5, 0.6) is 5.75 Å². The van der Waals surface area contributed by atoms with Gasteiger partial charge in [-0.3, -0.25) is 4.79 Å². The summed E-state index contributed by atoms with van der Waals surface area (Å²) in [5.74, 6) is 1.06. The number of amides is 1. The van der Waals surface area contributed by atoms with Gasteiger partial charge in [0.15, 0.2) is 0 Å². The van der Waals surface area contributed by atoms with Crippen LogP contribution in [0.25, 0.3) is 0 Å². The third-order valence-corrected chi connectivity index (χ3v) is 2.95. The first-order chi connectivity index (χ1) is 8.67. The molecule has 0 saturated heterocycles. The minimum atomic E-state index is 0.155. The molecule has 0 atom stereocenters. The lowest BCUT2D eigenvalue weighted by Gasteiger charge is -2.08. The maximum absolute atomic E-state index is 11.4. The molecule has 0 fully saturated rings. The molecule has 0 radical (unpaired) electrons. The topological polar surface area (TPSA) is 38.3 Å². The monoisotopic (exact) mass is 249 g/mol. The Morgan fingerprint density at radius 2 is 2.17 bits per heavy atom. The van der Waals surface area contributed by atoms with Gasteiger partial charge in [0.25, 0.3) is 0 Å². The number of ether oxygens (including phenoxy) is 1. The molecule has 1 rings (SSSR count). The molecular formula is C15H23NO2. The summed E-state index contributed by atoms with van der Waals surface area (Å²) in [4.78, 5) is 11.4. The van der Waals surface area contributed by atoms with Crippen LogP contribution in [0.2, 0.25) is 0 Å². The van der Waals surface area contributed by atoms with E-state index in [-0.39, 0.29) is 5.91 Å². The molecule has 1 aromatic carbocycles. The first-order valence-corrected chi connectivity index (χ1v) is 6.57. The Hall–Kier alpha value is -1.51. The maximum Gasteiger partial charge on any atom is 0.220 e. The van der Waals surface area contributed by atoms with Crippen LogP contribution in [0.1, 0.15) is 37.3 Å². The average molecular weight is 249 g/mol. The van der Waals surface area contributed by atoms with Crippen molar-refractivity contribution >= 4 is 5.91 Å². The molecule has 0 saturated carbocycles. The third-order valence-electron chi connectivity index (χ3n) is 2.95. The zero-order valence-corrected chi connectivity index (χ0v) is 11.6. The number of rotatable bonds is 7. The minimum absolute atomic E-state index is 0.155. The molecule has 1 N–H and O–H groups in total. The fourth-order valence-corrected chi connectivity index (χ4v) is 1.87. The summed E-state index contributed by atoms with van der Waals surface area (Å²) in [6.07, 6.45) is 3.53. The molecule has 1 amide bonds. The minimum Gasteiger partial charge on any atom is -0.496 e. The van der Waals surface area contributed by atoms with E-state index in [1.807, 2.05) is 19.1 Å². The third kappa shape index (κ3) is 4.78. The van der Waals surface area contributed by atoms with Gasteiger partial charge >= 0.3 is 0 Å². The van der Waals surface area contributed by atoms with Crippen LogP contribution in [-0.2, 0) is 11.2 Å². The summed E-state index contributed by atoms with van der Waals surface area (Å²) in [7, 11) is 1.68. The zero-order valence-electron chi connectivity index (χ0n) is 11.6. The predicted molar refractivity (Wildman–Crippen MR) is 74.0 cm³/mol. The molecule has 0 bridgehead atoms. The van der Waals surface area contributed by atoms with Crippen molar-refractivity contribution in [3.63, 3.8) is 0 Å². The van der Waals surface area contributed by atoms with E-state index in [1.165, 1.54) is 5.56 Å². The first-order valence-electron chi connectivity index (χ1n) is 6.57. The number of methoxy groups -OCH3 is 1. The number of carbonyl (C=O) groups excluding carboxylic acids is 1. The van der Waals surface area contributed by atoms with Gasteiger partial charge in [0.1, 0.15) is 5.75 Å². The lowest BCUT2D eigenvalue weighted by atomic mass is 10.1. The standard InChI is InChI=1S/C15H23NO2/c1-4-5-6-15(17)16-10-9-13-7-8-14(18-3)12(2)11-13/h7-8,11H,4-6,9-10H2,1-3H3,(H,16,17). The van der Waals surface area contributed by atoms with Crippen molar-refractivity contribution in [2.24, 2.45) is 0 Å². The summed E-state index contributed by atoms with van der Waals surface area (Å²) in [5.41, 5.74) is 2.36. The summed E-state index contributed by atoms with van der Waals surface area (Å²) in [6.45, 7) is 4.82. The van der Waals surface area contributed by atoms with Crippen molar-refractivity contribution in [3.8, 4) is 5.75 Å². The van der Waals surface area contributed by atoms with Crippen molar-refractivity contribution in [2.45, 2.75) is 39.5 Å². The van der Waals surface area contributed by atoms with E-state index in [4.69, 9.17) is 4.74 Å². The summed E-state index contributed by atoms with van der Waals surface area (Å²) in [5, 5.41) is 2.94. The highest BCUT2D eigenvalue weighted by molar-refractivity contribution is 5.75. The molecule has 0 aliphatic heterocycles. The molecule has 0 aliphatic carbocycles. The lowest BCUT2D eigenvalue weighted by molar-refractivity contribution is -0.121. The van der Waals surface area contributed by atoms with Gasteiger partial charge in [-0.1, -0.05) is 25.5 Å². The molecule has 3 nitrogen and oxygen atoms in total. The quantitative estimate of drug-likeness (QED) is 0.807. The Labute approximate surface area is 110 Å². The van der Waals surface area contributed by atoms with E-state index in [0.717, 1.165) is 30.6 Å². The van der Waals surface area contributed by atoms with E-state index < -0.39 is 0 Å². The SMILES string of the molecule is CCCCC(=O)NCCc1ccc(OC)c(C)c1. The van der Waals surface area contributed by atoms with Crippen LogP contribution in [0.3, 0.4) is 0 Å². The van der Waals surface area contributed by atoms with E-state index >= 15 is 0 Å². The van der Waals surface area contributed by atoms with Crippen LogP contribution in [0.4, 0.5) is 0 Å². The maximum atomic E-state index is 11.4. The highest BCUT2D eigenvalue weighted by atomic mass is 16.5. The highest BCUT2D eigenvalue weighted by Crippen LogP contribution is 2.18. The number of hydrogen-bond acceptors (Lipinski definition) is 2. The number of nitrogens with one attached hydrogen (secondary N) is 1. The van der Waals surface area contributed by atoms with E-state index in [9.17, 15) is 4.79 Å². The second kappa shape index (κ2) is 7.75. The smallest absolute Gasteiger partial charge is 0.220 e. The van der Waals surface area contributed by atoms with Gasteiger partial charge in [-0.25, -0.2) is 0 Å². The van der Waals surface area contributed by atoms with Crippen molar-refractivity contribution in [1.82, 2.24) is 5.32 Å². The molecular weight excluding hydrogens is 226 g/mol. The van der Waals surface area contributed by atoms with Crippen LogP contribution in [-0.4, -0.2) is 19.6 Å². The Bertz CT molecular complexity index is 388. The van der Waals surface area contributed by atoms with Gasteiger partial charge < -0.3 is 10.1 Å². The summed E-state index contributed by atoms with van der Waals surface area (Å²) in [6, 6.07) is 6.13. The molecule has 18 heavy (non-hydrogen) atoms. The number of unbranched alkanes of at least 4 members (excludes halogenated alkanes) is 1. The average Bonchev–Trinajstić information content (AvgIpc) is 2.36. The van der Waals surface area contributed by atoms with E-state index in [2.05, 4.69) is 18.3 Å². The Kier molecular flexibility index (Phi) is 6.26. The van der Waals surface area contributed by atoms with Crippen molar-refractivity contribution in [2.75, 3.05) is 13.7 Å². The van der Waals surface area contributed by atoms with Crippen LogP contribution >= 0.6 is 0 Å². The lowest BCUT2D eigenvalue weighted by Crippen LogP contribution is -2.25. The molecule has 1 aromatic rings. The van der Waals surface area contributed by atoms with E-state index in [1.54, 1.807) is 7.11 Å². The first kappa shape index (κ1) is 14.6. The van der Waals surface area contributed by atoms with Gasteiger partial charge in [-0.05, 0) is 37.0 Å². The van der Waals surface area contributed by atoms with E-state index in [0.29, 0.717) is 13.0 Å². The largest absolute Gasteiger partial charge is 0.496 e. The Balaban J connectivity index is 2.35. The number of hydrogen-bond donors (Lipinski definition) is 1. The predicted octanol–water partition coefficient (Wildman–Crippen LogP) is 2.85. The molecule has 0 spiro atoms. The van der Waals surface area contributed by atoms with Crippen molar-refractivity contribution in [3.05, 3.63) is 29.3 Å². The van der Waals surface area contributed by atoms with Gasteiger partial charge in [0.2, 0.25) is 5.91 Å². The van der Waals surface area contributed by atoms with Gasteiger partial charge in [-0.2, -0.15) is 0 Å². The molecule has 3 heteroatoms. The van der Waals surface area contributed by atoms with Crippen molar-refractivity contribution in [1.29, 1.82) is 0 Å². The fourth-order valence-electron chi connectivity index (χ4n) is 1.87. The Morgan fingerprint density at radius 3 is 2.78 bits per heavy atom. The number of benzene rings is 1. The molecule has 0 aromatic heterocycles. The van der Waals surface area contributed by atoms with Gasteiger partial charge in [-0.15, -0.1) is 0 Å². The second-order valence-electron chi connectivity index (χ2n) is 4.51. The number of aryl methyl sites for hydroxylation is 1. The molecule has 0 aliphatic rings. The summed E-state index contributed by atoms with van der Waals surface area (Å²) < 4.78 is 5.22. The normalized spacial score (nSPS) is 10.2. The second-order valence-corrected chi connectivity index (χ2v) is 4.51. The Morgan fingerprint density at radius 1 is 1.39 bits per heavy atom. The van der Waals surface area contributed by atoms with Crippen LogP contribution < -0.4 is 10.1 Å². The van der Waals surface area contributed by atoms with Gasteiger partial charge in [0.05, 0.1) is 7.11 Å². The zero-order chi connectivity index (χ0) is 13.4. The fraction of sp³-hybridized carbons (Fsp3) is 0.533. The molecule has 0 unspecified atom stereocenters. The van der Waals surface area contributed by atoms with Crippen molar-refractivity contribution < 1.29 is 9.53 Å². The summed E-state index contributed by atoms with van der Waals surface area (Å²) >= 11 is 0.